The Kier molecular flexibility index (Phi) is 14.1. The molecule has 0 amide bonds. The molecule has 0 N–H and O–H groups in total. The lowest BCUT2D eigenvalue weighted by Crippen LogP contribution is -2.36. The molecule has 0 spiro atoms. The molecule has 5 rings (SSSR count). The van der Waals surface area contributed by atoms with Gasteiger partial charge in [-0.25, -0.2) is 0 Å². The standard InChI is InChI=1S/C42H48O12P2/c1-43-25-17-21-31(39(51-9)35(25)47-5)55(32-22-18-26(44-2)36(48-6)40(32)52-10)29-15-13-14-16-30(29)56(33-23-19-27(45-3)37(49-7)41(33)53-11)34-24-20-28(46-4)38(50-8)42(34)54-12/h13-24H,1-12H3. The van der Waals surface area contributed by atoms with E-state index in [1.807, 2.05) is 60.7 Å². The molecule has 0 saturated heterocycles. The maximum atomic E-state index is 6.18. The number of rotatable bonds is 18. The van der Waals surface area contributed by atoms with Crippen molar-refractivity contribution in [3.8, 4) is 69.0 Å². The fraction of sp³-hybridized carbons (Fsp3) is 0.286. The number of hydrogen-bond acceptors (Lipinski definition) is 12. The SMILES string of the molecule is COc1ccc(P(c2ccccc2P(c2ccc(OC)c(OC)c2OC)c2ccc(OC)c(OC)c2OC)c2ccc(OC)c(OC)c2OC)c(OC)c1OC. The molecule has 298 valence electrons. The van der Waals surface area contributed by atoms with Crippen LogP contribution in [0.4, 0.5) is 0 Å². The van der Waals surface area contributed by atoms with Crippen molar-refractivity contribution in [3.63, 3.8) is 0 Å². The van der Waals surface area contributed by atoms with E-state index < -0.39 is 15.8 Å². The predicted octanol–water partition coefficient (Wildman–Crippen LogP) is 5.31. The van der Waals surface area contributed by atoms with E-state index in [2.05, 4.69) is 12.1 Å². The van der Waals surface area contributed by atoms with E-state index in [4.69, 9.17) is 56.8 Å². The van der Waals surface area contributed by atoms with Gasteiger partial charge in [-0.05, 0) is 75.0 Å². The first-order valence-electron chi connectivity index (χ1n) is 17.2. The highest BCUT2D eigenvalue weighted by Gasteiger charge is 2.36. The summed E-state index contributed by atoms with van der Waals surface area (Å²) in [5.74, 6) is 5.86. The fourth-order valence-electron chi connectivity index (χ4n) is 6.67. The molecule has 0 aromatic heterocycles. The van der Waals surface area contributed by atoms with E-state index in [0.717, 1.165) is 31.8 Å². The quantitative estimate of drug-likeness (QED) is 0.107. The molecule has 5 aromatic rings. The Labute approximate surface area is 330 Å². The van der Waals surface area contributed by atoms with Crippen molar-refractivity contribution in [1.29, 1.82) is 0 Å². The van der Waals surface area contributed by atoms with Crippen molar-refractivity contribution in [1.82, 2.24) is 0 Å². The zero-order valence-electron chi connectivity index (χ0n) is 33.7. The first kappa shape index (κ1) is 41.7. The minimum atomic E-state index is -1.58. The van der Waals surface area contributed by atoms with Gasteiger partial charge in [0.1, 0.15) is 0 Å². The van der Waals surface area contributed by atoms with Gasteiger partial charge in [0.15, 0.2) is 46.0 Å². The van der Waals surface area contributed by atoms with E-state index in [9.17, 15) is 0 Å². The molecule has 56 heavy (non-hydrogen) atoms. The maximum absolute atomic E-state index is 6.18. The second kappa shape index (κ2) is 18.9. The molecule has 5 aromatic carbocycles. The molecule has 0 aliphatic rings. The second-order valence-electron chi connectivity index (χ2n) is 11.6. The number of hydrogen-bond donors (Lipinski definition) is 0. The van der Waals surface area contributed by atoms with Gasteiger partial charge < -0.3 is 56.8 Å². The third kappa shape index (κ3) is 7.43. The van der Waals surface area contributed by atoms with Crippen LogP contribution >= 0.6 is 15.8 Å². The van der Waals surface area contributed by atoms with E-state index in [1.165, 1.54) is 0 Å². The van der Waals surface area contributed by atoms with Gasteiger partial charge in [0.05, 0.1) is 85.3 Å². The average molecular weight is 807 g/mol. The Bertz CT molecular complexity index is 1860. The molecular formula is C42H48O12P2. The topological polar surface area (TPSA) is 111 Å². The maximum Gasteiger partial charge on any atom is 0.203 e. The van der Waals surface area contributed by atoms with Crippen LogP contribution in [-0.2, 0) is 0 Å². The van der Waals surface area contributed by atoms with Crippen LogP contribution in [0.15, 0.2) is 72.8 Å². The molecule has 12 nitrogen and oxygen atoms in total. The van der Waals surface area contributed by atoms with Gasteiger partial charge in [-0.2, -0.15) is 0 Å². The summed E-state index contributed by atoms with van der Waals surface area (Å²) in [5, 5.41) is 5.22. The molecule has 14 heteroatoms. The van der Waals surface area contributed by atoms with Gasteiger partial charge in [0.25, 0.3) is 0 Å². The fourth-order valence-corrected chi connectivity index (χ4v) is 12.4. The van der Waals surface area contributed by atoms with Crippen LogP contribution in [0, 0.1) is 0 Å². The number of benzene rings is 5. The largest absolute Gasteiger partial charge is 0.493 e. The summed E-state index contributed by atoms with van der Waals surface area (Å²) in [4.78, 5) is 0. The Hall–Kier alpha value is -5.44. The summed E-state index contributed by atoms with van der Waals surface area (Å²) < 4.78 is 71.3. The Balaban J connectivity index is 2.02. The summed E-state index contributed by atoms with van der Waals surface area (Å²) >= 11 is 0. The zero-order chi connectivity index (χ0) is 40.5. The number of ether oxygens (including phenoxy) is 12. The van der Waals surface area contributed by atoms with Crippen molar-refractivity contribution in [2.45, 2.75) is 0 Å². The monoisotopic (exact) mass is 806 g/mol. The van der Waals surface area contributed by atoms with E-state index in [-0.39, 0.29) is 0 Å². The third-order valence-electron chi connectivity index (χ3n) is 9.06. The second-order valence-corrected chi connectivity index (χ2v) is 15.8. The van der Waals surface area contributed by atoms with Crippen LogP contribution < -0.4 is 88.7 Å². The van der Waals surface area contributed by atoms with Crippen molar-refractivity contribution < 1.29 is 56.8 Å². The first-order chi connectivity index (χ1) is 27.3. The lowest BCUT2D eigenvalue weighted by Gasteiger charge is -2.31. The molecule has 0 atom stereocenters. The van der Waals surface area contributed by atoms with Crippen LogP contribution in [0.2, 0.25) is 0 Å². The Morgan fingerprint density at radius 2 is 0.446 bits per heavy atom. The minimum Gasteiger partial charge on any atom is -0.493 e. The molecule has 0 bridgehead atoms. The van der Waals surface area contributed by atoms with Crippen molar-refractivity contribution in [3.05, 3.63) is 72.8 Å². The molecule has 0 radical (unpaired) electrons. The van der Waals surface area contributed by atoms with Crippen LogP contribution in [0.5, 0.6) is 69.0 Å². The molecule has 0 aliphatic heterocycles. The predicted molar refractivity (Wildman–Crippen MR) is 222 cm³/mol. The summed E-state index contributed by atoms with van der Waals surface area (Å²) in [6, 6.07) is 23.7. The van der Waals surface area contributed by atoms with E-state index >= 15 is 0 Å². The van der Waals surface area contributed by atoms with Crippen molar-refractivity contribution >= 4 is 47.7 Å². The highest BCUT2D eigenvalue weighted by atomic mass is 31.1. The van der Waals surface area contributed by atoms with Crippen molar-refractivity contribution in [2.24, 2.45) is 0 Å². The summed E-state index contributed by atoms with van der Waals surface area (Å²) in [7, 11) is 16.0. The molecular weight excluding hydrogens is 758 g/mol. The molecule has 0 unspecified atom stereocenters. The van der Waals surface area contributed by atoms with Gasteiger partial charge in [-0.3, -0.25) is 0 Å². The molecule has 0 aliphatic carbocycles. The minimum absolute atomic E-state index is 0.447. The van der Waals surface area contributed by atoms with E-state index in [0.29, 0.717) is 69.0 Å². The zero-order valence-corrected chi connectivity index (χ0v) is 35.5. The van der Waals surface area contributed by atoms with Crippen molar-refractivity contribution in [2.75, 3.05) is 85.3 Å². The van der Waals surface area contributed by atoms with Crippen LogP contribution in [0.1, 0.15) is 0 Å². The average Bonchev–Trinajstić information content (AvgIpc) is 3.25. The highest BCUT2D eigenvalue weighted by molar-refractivity contribution is 7.85. The van der Waals surface area contributed by atoms with Crippen LogP contribution in [0.25, 0.3) is 0 Å². The van der Waals surface area contributed by atoms with Gasteiger partial charge in [-0.1, -0.05) is 24.3 Å². The molecule has 0 fully saturated rings. The van der Waals surface area contributed by atoms with Gasteiger partial charge in [0, 0.05) is 21.2 Å². The lowest BCUT2D eigenvalue weighted by molar-refractivity contribution is 0.325. The smallest absolute Gasteiger partial charge is 0.203 e. The summed E-state index contributed by atoms with van der Waals surface area (Å²) in [6.45, 7) is 0. The molecule has 0 heterocycles. The van der Waals surface area contributed by atoms with Gasteiger partial charge >= 0.3 is 0 Å². The van der Waals surface area contributed by atoms with Gasteiger partial charge in [-0.15, -0.1) is 0 Å². The van der Waals surface area contributed by atoms with E-state index in [1.54, 1.807) is 85.3 Å². The lowest BCUT2D eigenvalue weighted by atomic mass is 10.3. The summed E-state index contributed by atoms with van der Waals surface area (Å²) in [6.07, 6.45) is 0. The first-order valence-corrected chi connectivity index (χ1v) is 19.8. The van der Waals surface area contributed by atoms with Gasteiger partial charge in [0.2, 0.25) is 23.0 Å². The molecule has 0 saturated carbocycles. The Morgan fingerprint density at radius 1 is 0.232 bits per heavy atom. The number of methoxy groups -OCH3 is 12. The highest BCUT2D eigenvalue weighted by Crippen LogP contribution is 2.52. The van der Waals surface area contributed by atoms with Crippen LogP contribution in [0.3, 0.4) is 0 Å². The third-order valence-corrected chi connectivity index (χ3v) is 14.3. The normalized spacial score (nSPS) is 10.8. The van der Waals surface area contributed by atoms with Crippen LogP contribution in [-0.4, -0.2) is 85.3 Å². The summed E-state index contributed by atoms with van der Waals surface area (Å²) in [5.41, 5.74) is 0. The Morgan fingerprint density at radius 3 is 0.625 bits per heavy atom.